The maximum Gasteiger partial charge on any atom is 0.170 e. The van der Waals surface area contributed by atoms with Gasteiger partial charge in [0.2, 0.25) is 0 Å². The molecule has 0 fully saturated rings. The third-order valence-electron chi connectivity index (χ3n) is 5.20. The summed E-state index contributed by atoms with van der Waals surface area (Å²) in [7, 11) is 0. The lowest BCUT2D eigenvalue weighted by Gasteiger charge is -2.44. The maximum absolute atomic E-state index is 11.8. The molecule has 0 saturated carbocycles. The topological polar surface area (TPSA) is 35.8 Å². The van der Waals surface area contributed by atoms with Crippen LogP contribution in [0.15, 0.2) is 71.7 Å². The highest BCUT2D eigenvalue weighted by molar-refractivity contribution is 6.03. The van der Waals surface area contributed by atoms with Crippen LogP contribution in [-0.4, -0.2) is 28.9 Å². The van der Waals surface area contributed by atoms with E-state index in [2.05, 4.69) is 40.2 Å². The molecule has 0 saturated heterocycles. The molecule has 3 aromatic rings. The Labute approximate surface area is 140 Å². The van der Waals surface area contributed by atoms with E-state index in [9.17, 15) is 5.11 Å². The van der Waals surface area contributed by atoms with Crippen molar-refractivity contribution in [2.45, 2.75) is 12.1 Å². The average molecular weight is 314 g/mol. The van der Waals surface area contributed by atoms with Crippen molar-refractivity contribution in [1.29, 1.82) is 0 Å². The molecular weight excluding hydrogens is 296 g/mol. The first-order valence-corrected chi connectivity index (χ1v) is 8.38. The van der Waals surface area contributed by atoms with Gasteiger partial charge in [0.25, 0.3) is 0 Å². The molecule has 0 aromatic heterocycles. The monoisotopic (exact) mass is 314 g/mol. The zero-order valence-electron chi connectivity index (χ0n) is 13.3. The Balaban J connectivity index is 1.77. The van der Waals surface area contributed by atoms with E-state index < -0.39 is 5.72 Å². The Morgan fingerprint density at radius 1 is 0.917 bits per heavy atom. The zero-order chi connectivity index (χ0) is 16.1. The average Bonchev–Trinajstić information content (AvgIpc) is 3.12. The minimum Gasteiger partial charge on any atom is -0.366 e. The van der Waals surface area contributed by atoms with Crippen LogP contribution in [-0.2, 0) is 12.1 Å². The molecule has 3 nitrogen and oxygen atoms in total. The predicted molar refractivity (Wildman–Crippen MR) is 96.1 cm³/mol. The van der Waals surface area contributed by atoms with Gasteiger partial charge in [-0.15, -0.1) is 0 Å². The molecule has 0 bridgehead atoms. The number of benzene rings is 3. The lowest BCUT2D eigenvalue weighted by Crippen LogP contribution is -2.53. The van der Waals surface area contributed by atoms with Gasteiger partial charge in [-0.25, -0.2) is 0 Å². The summed E-state index contributed by atoms with van der Waals surface area (Å²) in [5.74, 6) is 0.923. The number of rotatable bonds is 1. The van der Waals surface area contributed by atoms with Gasteiger partial charge in [-0.3, -0.25) is 4.99 Å². The molecule has 1 atom stereocenters. The third kappa shape index (κ3) is 1.79. The molecule has 1 N–H and O–H groups in total. The lowest BCUT2D eigenvalue weighted by atomic mass is 9.84. The first-order chi connectivity index (χ1) is 11.8. The normalized spacial score (nSPS) is 22.2. The molecule has 0 radical (unpaired) electrons. The molecule has 0 amide bonds. The Kier molecular flexibility index (Phi) is 2.82. The minimum atomic E-state index is -1.05. The summed E-state index contributed by atoms with van der Waals surface area (Å²) < 4.78 is 0. The Bertz CT molecular complexity index is 973. The highest BCUT2D eigenvalue weighted by Gasteiger charge is 2.45. The summed E-state index contributed by atoms with van der Waals surface area (Å²) in [6.45, 7) is 1.49. The number of nitrogens with zero attached hydrogens (tertiary/aromatic N) is 2. The molecule has 2 aliphatic rings. The second kappa shape index (κ2) is 4.92. The number of amidine groups is 1. The summed E-state index contributed by atoms with van der Waals surface area (Å²) >= 11 is 0. The first-order valence-electron chi connectivity index (χ1n) is 8.38. The molecule has 2 aliphatic heterocycles. The fraction of sp³-hybridized carbons (Fsp3) is 0.190. The van der Waals surface area contributed by atoms with E-state index >= 15 is 0 Å². The van der Waals surface area contributed by atoms with E-state index in [1.54, 1.807) is 0 Å². The Hall–Kier alpha value is -2.65. The minimum absolute atomic E-state index is 0.580. The van der Waals surface area contributed by atoms with Gasteiger partial charge in [0.15, 0.2) is 5.72 Å². The van der Waals surface area contributed by atoms with Crippen LogP contribution < -0.4 is 0 Å². The summed E-state index contributed by atoms with van der Waals surface area (Å²) in [5, 5.41) is 14.1. The summed E-state index contributed by atoms with van der Waals surface area (Å²) in [6.07, 6.45) is 0.580. The van der Waals surface area contributed by atoms with Gasteiger partial charge in [0.1, 0.15) is 5.84 Å². The van der Waals surface area contributed by atoms with Crippen LogP contribution in [0, 0.1) is 0 Å². The van der Waals surface area contributed by atoms with Crippen molar-refractivity contribution in [1.82, 2.24) is 4.90 Å². The van der Waals surface area contributed by atoms with E-state index in [0.717, 1.165) is 46.4 Å². The van der Waals surface area contributed by atoms with E-state index in [-0.39, 0.29) is 0 Å². The van der Waals surface area contributed by atoms with E-state index in [1.165, 1.54) is 0 Å². The molecule has 3 aromatic carbocycles. The van der Waals surface area contributed by atoms with Crippen LogP contribution in [0.2, 0.25) is 0 Å². The van der Waals surface area contributed by atoms with Crippen molar-refractivity contribution < 1.29 is 5.11 Å². The summed E-state index contributed by atoms with van der Waals surface area (Å²) in [4.78, 5) is 6.76. The smallest absolute Gasteiger partial charge is 0.170 e. The van der Waals surface area contributed by atoms with Crippen LogP contribution in [0.4, 0.5) is 0 Å². The van der Waals surface area contributed by atoms with Crippen molar-refractivity contribution in [3.8, 4) is 0 Å². The highest BCUT2D eigenvalue weighted by atomic mass is 16.3. The van der Waals surface area contributed by atoms with Crippen molar-refractivity contribution >= 4 is 16.6 Å². The molecule has 1 unspecified atom stereocenters. The molecule has 2 heterocycles. The highest BCUT2D eigenvalue weighted by Crippen LogP contribution is 2.41. The number of aliphatic imine (C=N–C) groups is 1. The van der Waals surface area contributed by atoms with Crippen LogP contribution in [0.3, 0.4) is 0 Å². The standard InChI is InChI=1S/C21H18N2O/c24-21(19-11-5-8-15-6-1-3-9-17(15)19)14-16-7-2-4-10-18(16)20-22-12-13-23(20)21/h1-11,24H,12-14H2. The Morgan fingerprint density at radius 3 is 2.67 bits per heavy atom. The third-order valence-corrected chi connectivity index (χ3v) is 5.20. The number of hydrogen-bond acceptors (Lipinski definition) is 3. The van der Waals surface area contributed by atoms with Gasteiger partial charge in [0.05, 0.1) is 6.54 Å². The van der Waals surface area contributed by atoms with Crippen LogP contribution in [0.1, 0.15) is 16.7 Å². The number of aliphatic hydroxyl groups is 1. The SMILES string of the molecule is OC1(c2cccc3ccccc23)Cc2ccccc2C2=NCCN21. The molecule has 0 spiro atoms. The second-order valence-electron chi connectivity index (χ2n) is 6.53. The van der Waals surface area contributed by atoms with Gasteiger partial charge in [-0.2, -0.15) is 0 Å². The quantitative estimate of drug-likeness (QED) is 0.748. The molecule has 0 aliphatic carbocycles. The zero-order valence-corrected chi connectivity index (χ0v) is 13.3. The van der Waals surface area contributed by atoms with Gasteiger partial charge in [-0.1, -0.05) is 66.7 Å². The summed E-state index contributed by atoms with van der Waals surface area (Å²) in [5.41, 5.74) is 2.22. The molecule has 5 rings (SSSR count). The number of hydrogen-bond donors (Lipinski definition) is 1. The number of fused-ring (bicyclic) bond motifs is 4. The summed E-state index contributed by atoms with van der Waals surface area (Å²) in [6, 6.07) is 22.7. The van der Waals surface area contributed by atoms with E-state index in [1.807, 2.05) is 36.4 Å². The van der Waals surface area contributed by atoms with Gasteiger partial charge in [0, 0.05) is 24.1 Å². The van der Waals surface area contributed by atoms with Gasteiger partial charge in [-0.05, 0) is 16.3 Å². The fourth-order valence-electron chi connectivity index (χ4n) is 4.11. The van der Waals surface area contributed by atoms with Crippen molar-refractivity contribution in [3.05, 3.63) is 83.4 Å². The van der Waals surface area contributed by atoms with Gasteiger partial charge < -0.3 is 10.0 Å². The van der Waals surface area contributed by atoms with E-state index in [0.29, 0.717) is 6.42 Å². The second-order valence-corrected chi connectivity index (χ2v) is 6.53. The maximum atomic E-state index is 11.8. The van der Waals surface area contributed by atoms with Crippen molar-refractivity contribution in [3.63, 3.8) is 0 Å². The van der Waals surface area contributed by atoms with Crippen molar-refractivity contribution in [2.24, 2.45) is 4.99 Å². The van der Waals surface area contributed by atoms with Crippen molar-refractivity contribution in [2.75, 3.05) is 13.1 Å². The van der Waals surface area contributed by atoms with Crippen LogP contribution >= 0.6 is 0 Å². The van der Waals surface area contributed by atoms with Crippen LogP contribution in [0.25, 0.3) is 10.8 Å². The molecule has 118 valence electrons. The molecular formula is C21H18N2O. The van der Waals surface area contributed by atoms with Gasteiger partial charge >= 0.3 is 0 Å². The predicted octanol–water partition coefficient (Wildman–Crippen LogP) is 3.30. The Morgan fingerprint density at radius 2 is 1.71 bits per heavy atom. The molecule has 24 heavy (non-hydrogen) atoms. The van der Waals surface area contributed by atoms with E-state index in [4.69, 9.17) is 0 Å². The molecule has 3 heteroatoms. The first kappa shape index (κ1) is 13.8. The largest absolute Gasteiger partial charge is 0.366 e. The fourth-order valence-corrected chi connectivity index (χ4v) is 4.11. The van der Waals surface area contributed by atoms with Crippen LogP contribution in [0.5, 0.6) is 0 Å². The lowest BCUT2D eigenvalue weighted by molar-refractivity contribution is -0.0732.